The Hall–Kier alpha value is -1.15. The molecule has 27 heavy (non-hydrogen) atoms. The lowest BCUT2D eigenvalue weighted by Crippen LogP contribution is -2.41. The van der Waals surface area contributed by atoms with E-state index in [1.165, 1.54) is 0 Å². The average Bonchev–Trinajstić information content (AvgIpc) is 3.00. The number of nitrogens with zero attached hydrogens (tertiary/aromatic N) is 2. The quantitative estimate of drug-likeness (QED) is 0.555. The lowest BCUT2D eigenvalue weighted by Gasteiger charge is -2.32. The minimum Gasteiger partial charge on any atom is -0.399 e. The van der Waals surface area contributed by atoms with Crippen LogP contribution < -0.4 is 5.46 Å². The molecule has 0 aliphatic carbocycles. The first-order valence-corrected chi connectivity index (χ1v) is 13.5. The predicted molar refractivity (Wildman–Crippen MR) is 114 cm³/mol. The smallest absolute Gasteiger partial charge is 0.399 e. The third-order valence-corrected chi connectivity index (χ3v) is 7.41. The average molecular weight is 388 g/mol. The van der Waals surface area contributed by atoms with Crippen molar-refractivity contribution in [3.8, 4) is 0 Å². The third-order valence-electron chi connectivity index (χ3n) is 5.71. The summed E-state index contributed by atoms with van der Waals surface area (Å²) in [6.45, 7) is 18.8. The first-order chi connectivity index (χ1) is 12.4. The number of aromatic nitrogens is 2. The highest BCUT2D eigenvalue weighted by atomic mass is 28.3. The van der Waals surface area contributed by atoms with Crippen molar-refractivity contribution < 1.29 is 14.0 Å². The Labute approximate surface area is 164 Å². The highest BCUT2D eigenvalue weighted by Gasteiger charge is 2.52. The van der Waals surface area contributed by atoms with Crippen LogP contribution in [0, 0.1) is 6.92 Å². The van der Waals surface area contributed by atoms with Crippen molar-refractivity contribution in [3.05, 3.63) is 23.9 Å². The van der Waals surface area contributed by atoms with Gasteiger partial charge in [0.1, 0.15) is 6.73 Å². The molecule has 0 amide bonds. The van der Waals surface area contributed by atoms with E-state index >= 15 is 0 Å². The van der Waals surface area contributed by atoms with Crippen molar-refractivity contribution in [2.45, 2.75) is 78.2 Å². The number of hydrogen-bond acceptors (Lipinski definition) is 4. The highest BCUT2D eigenvalue weighted by molar-refractivity contribution is 6.76. The van der Waals surface area contributed by atoms with Crippen LogP contribution in [0.15, 0.2) is 18.3 Å². The van der Waals surface area contributed by atoms with Crippen molar-refractivity contribution in [1.82, 2.24) is 9.78 Å². The normalized spacial score (nSPS) is 19.2. The Kier molecular flexibility index (Phi) is 5.36. The fraction of sp³-hybridized carbons (Fsp3) is 0.650. The molecule has 1 saturated heterocycles. The Morgan fingerprint density at radius 1 is 1.11 bits per heavy atom. The summed E-state index contributed by atoms with van der Waals surface area (Å²) >= 11 is 0. The SMILES string of the molecule is Cc1ccc2nn(COCC[Si](C)(C)C)cc2c1B1OC(C)(C)C(C)(C)O1. The van der Waals surface area contributed by atoms with E-state index in [0.29, 0.717) is 6.73 Å². The molecule has 0 bridgehead atoms. The second-order valence-electron chi connectivity index (χ2n) is 9.83. The van der Waals surface area contributed by atoms with Gasteiger partial charge >= 0.3 is 7.12 Å². The number of ether oxygens (including phenoxy) is 1. The first-order valence-electron chi connectivity index (χ1n) is 9.80. The van der Waals surface area contributed by atoms with Crippen LogP contribution in [0.4, 0.5) is 0 Å². The minimum atomic E-state index is -1.08. The van der Waals surface area contributed by atoms with Gasteiger partial charge < -0.3 is 14.0 Å². The zero-order valence-corrected chi connectivity index (χ0v) is 19.0. The molecule has 0 N–H and O–H groups in total. The van der Waals surface area contributed by atoms with Crippen LogP contribution >= 0.6 is 0 Å². The number of fused-ring (bicyclic) bond motifs is 1. The summed E-state index contributed by atoms with van der Waals surface area (Å²) in [6, 6.07) is 5.30. The van der Waals surface area contributed by atoms with Gasteiger partial charge in [-0.3, -0.25) is 0 Å². The van der Waals surface area contributed by atoms with E-state index in [-0.39, 0.29) is 18.3 Å². The van der Waals surface area contributed by atoms with E-state index in [1.807, 2.05) is 4.68 Å². The van der Waals surface area contributed by atoms with Crippen LogP contribution in [-0.2, 0) is 20.8 Å². The van der Waals surface area contributed by atoms with Gasteiger partial charge in [0.05, 0.1) is 16.7 Å². The molecule has 1 aromatic carbocycles. The Morgan fingerprint density at radius 2 is 1.74 bits per heavy atom. The molecule has 2 aromatic rings. The van der Waals surface area contributed by atoms with Crippen LogP contribution in [0.2, 0.25) is 25.7 Å². The summed E-state index contributed by atoms with van der Waals surface area (Å²) in [5.41, 5.74) is 2.45. The molecule has 5 nitrogen and oxygen atoms in total. The summed E-state index contributed by atoms with van der Waals surface area (Å²) in [5.74, 6) is 0. The number of hydrogen-bond donors (Lipinski definition) is 0. The van der Waals surface area contributed by atoms with Gasteiger partial charge in [-0.1, -0.05) is 31.3 Å². The molecule has 3 rings (SSSR count). The molecule has 148 valence electrons. The van der Waals surface area contributed by atoms with Crippen molar-refractivity contribution in [3.63, 3.8) is 0 Å². The second kappa shape index (κ2) is 7.03. The molecule has 0 saturated carbocycles. The van der Waals surface area contributed by atoms with E-state index in [2.05, 4.69) is 77.7 Å². The molecule has 1 aromatic heterocycles. The largest absolute Gasteiger partial charge is 0.495 e. The molecule has 7 heteroatoms. The minimum absolute atomic E-state index is 0.359. The van der Waals surface area contributed by atoms with Gasteiger partial charge in [0, 0.05) is 26.3 Å². The van der Waals surface area contributed by atoms with Crippen LogP contribution in [0.5, 0.6) is 0 Å². The van der Waals surface area contributed by atoms with Gasteiger partial charge in [-0.15, -0.1) is 0 Å². The topological polar surface area (TPSA) is 45.5 Å². The molecule has 2 heterocycles. The molecular formula is C20H33BN2O3Si. The Morgan fingerprint density at radius 3 is 2.33 bits per heavy atom. The fourth-order valence-electron chi connectivity index (χ4n) is 3.15. The van der Waals surface area contributed by atoms with Gasteiger partial charge in [0.25, 0.3) is 0 Å². The van der Waals surface area contributed by atoms with E-state index in [1.54, 1.807) is 0 Å². The van der Waals surface area contributed by atoms with Gasteiger partial charge in [-0.05, 0) is 52.2 Å². The molecule has 1 fully saturated rings. The number of rotatable bonds is 6. The predicted octanol–water partition coefficient (Wildman–Crippen LogP) is 3.96. The molecule has 0 atom stereocenters. The molecule has 0 spiro atoms. The maximum atomic E-state index is 6.30. The zero-order chi connectivity index (χ0) is 20.0. The van der Waals surface area contributed by atoms with Gasteiger partial charge in [0.2, 0.25) is 0 Å². The molecule has 1 aliphatic rings. The standard InChI is InChI=1S/C20H33BN2O3Si/c1-15-9-10-17-16(13-23(22-17)14-24-11-12-27(6,7)8)18(15)21-25-19(2,3)20(4,5)26-21/h9-10,13H,11-12,14H2,1-8H3. The van der Waals surface area contributed by atoms with Crippen LogP contribution in [0.3, 0.4) is 0 Å². The monoisotopic (exact) mass is 388 g/mol. The lowest BCUT2D eigenvalue weighted by atomic mass is 9.74. The first kappa shape index (κ1) is 20.6. The second-order valence-corrected chi connectivity index (χ2v) is 15.5. The van der Waals surface area contributed by atoms with E-state index in [0.717, 1.165) is 34.6 Å². The third kappa shape index (κ3) is 4.31. The Balaban J connectivity index is 1.82. The fourth-order valence-corrected chi connectivity index (χ4v) is 3.91. The highest BCUT2D eigenvalue weighted by Crippen LogP contribution is 2.37. The molecule has 0 unspecified atom stereocenters. The van der Waals surface area contributed by atoms with Gasteiger partial charge in [-0.2, -0.15) is 5.10 Å². The number of benzene rings is 1. The van der Waals surface area contributed by atoms with E-state index in [9.17, 15) is 0 Å². The zero-order valence-electron chi connectivity index (χ0n) is 18.0. The van der Waals surface area contributed by atoms with Crippen LogP contribution in [0.1, 0.15) is 33.3 Å². The molecular weight excluding hydrogens is 355 g/mol. The summed E-state index contributed by atoms with van der Waals surface area (Å²) in [6.07, 6.45) is 2.05. The molecule has 1 aliphatic heterocycles. The van der Waals surface area contributed by atoms with Crippen LogP contribution in [-0.4, -0.2) is 42.8 Å². The summed E-state index contributed by atoms with van der Waals surface area (Å²) < 4.78 is 20.3. The summed E-state index contributed by atoms with van der Waals surface area (Å²) in [5, 5.41) is 5.76. The van der Waals surface area contributed by atoms with Gasteiger partial charge in [0.15, 0.2) is 0 Å². The van der Waals surface area contributed by atoms with Crippen molar-refractivity contribution in [1.29, 1.82) is 0 Å². The van der Waals surface area contributed by atoms with Gasteiger partial charge in [-0.25, -0.2) is 4.68 Å². The maximum Gasteiger partial charge on any atom is 0.495 e. The summed E-state index contributed by atoms with van der Waals surface area (Å²) in [7, 11) is -1.46. The summed E-state index contributed by atoms with van der Waals surface area (Å²) in [4.78, 5) is 0. The maximum absolute atomic E-state index is 6.30. The van der Waals surface area contributed by atoms with Crippen molar-refractivity contribution in [2.75, 3.05) is 6.61 Å². The van der Waals surface area contributed by atoms with E-state index in [4.69, 9.17) is 14.0 Å². The van der Waals surface area contributed by atoms with Crippen molar-refractivity contribution in [2.24, 2.45) is 0 Å². The van der Waals surface area contributed by atoms with Crippen LogP contribution in [0.25, 0.3) is 10.9 Å². The molecule has 0 radical (unpaired) electrons. The Bertz CT molecular complexity index is 810. The van der Waals surface area contributed by atoms with E-state index < -0.39 is 8.07 Å². The lowest BCUT2D eigenvalue weighted by molar-refractivity contribution is 0.00578. The van der Waals surface area contributed by atoms with Crippen molar-refractivity contribution >= 4 is 31.6 Å². The number of aryl methyl sites for hydroxylation is 1.